The number of fused-ring (bicyclic) bond motifs is 1. The van der Waals surface area contributed by atoms with Crippen molar-refractivity contribution in [1.82, 2.24) is 20.4 Å². The van der Waals surface area contributed by atoms with E-state index in [4.69, 9.17) is 0 Å². The molecule has 3 aliphatic rings. The van der Waals surface area contributed by atoms with Gasteiger partial charge in [0.25, 0.3) is 11.8 Å². The van der Waals surface area contributed by atoms with E-state index in [2.05, 4.69) is 15.5 Å². The Kier molecular flexibility index (Phi) is 6.49. The van der Waals surface area contributed by atoms with Crippen molar-refractivity contribution >= 4 is 23.6 Å². The minimum Gasteiger partial charge on any atom is -0.337 e. The van der Waals surface area contributed by atoms with Gasteiger partial charge in [-0.15, -0.1) is 0 Å². The summed E-state index contributed by atoms with van der Waals surface area (Å²) < 4.78 is 41.7. The quantitative estimate of drug-likeness (QED) is 0.578. The van der Waals surface area contributed by atoms with Crippen molar-refractivity contribution in [2.45, 2.75) is 50.6 Å². The van der Waals surface area contributed by atoms with Crippen molar-refractivity contribution in [3.8, 4) is 0 Å². The van der Waals surface area contributed by atoms with E-state index in [1.807, 2.05) is 0 Å². The van der Waals surface area contributed by atoms with Gasteiger partial charge in [-0.2, -0.15) is 13.2 Å². The minimum absolute atomic E-state index is 0.0166. The van der Waals surface area contributed by atoms with Gasteiger partial charge < -0.3 is 10.2 Å². The first-order valence-corrected chi connectivity index (χ1v) is 12.1. The van der Waals surface area contributed by atoms with Crippen LogP contribution in [0.2, 0.25) is 0 Å². The third kappa shape index (κ3) is 5.08. The van der Waals surface area contributed by atoms with Crippen molar-refractivity contribution in [3.05, 3.63) is 70.3 Å². The summed E-state index contributed by atoms with van der Waals surface area (Å²) in [6.45, 7) is 2.64. The number of hydrogen-bond acceptors (Lipinski definition) is 5. The number of carbonyl (C=O) groups excluding carboxylic acids is 4. The number of piperidine rings is 1. The van der Waals surface area contributed by atoms with Crippen LogP contribution >= 0.6 is 0 Å². The van der Waals surface area contributed by atoms with E-state index in [0.29, 0.717) is 12.1 Å². The number of hydrogen-bond donors (Lipinski definition) is 2. The largest absolute Gasteiger partial charge is 0.412 e. The first-order chi connectivity index (χ1) is 17.6. The molecular formula is C26H25F3N4O4. The van der Waals surface area contributed by atoms with Crippen LogP contribution in [0.4, 0.5) is 13.2 Å². The van der Waals surface area contributed by atoms with Gasteiger partial charge in [0.15, 0.2) is 6.04 Å². The molecule has 3 heterocycles. The lowest BCUT2D eigenvalue weighted by Gasteiger charge is -2.30. The molecule has 2 aromatic carbocycles. The summed E-state index contributed by atoms with van der Waals surface area (Å²) in [4.78, 5) is 52.8. The van der Waals surface area contributed by atoms with Gasteiger partial charge in [0.2, 0.25) is 11.8 Å². The lowest BCUT2D eigenvalue weighted by atomic mass is 10.0. The zero-order chi connectivity index (χ0) is 26.3. The van der Waals surface area contributed by atoms with Gasteiger partial charge in [0, 0.05) is 30.6 Å². The lowest BCUT2D eigenvalue weighted by molar-refractivity contribution is -0.155. The predicted molar refractivity (Wildman–Crippen MR) is 125 cm³/mol. The summed E-state index contributed by atoms with van der Waals surface area (Å²) in [5.41, 5.74) is 1.50. The fourth-order valence-electron chi connectivity index (χ4n) is 4.90. The fourth-order valence-corrected chi connectivity index (χ4v) is 4.90. The van der Waals surface area contributed by atoms with Crippen LogP contribution in [0.25, 0.3) is 0 Å². The van der Waals surface area contributed by atoms with Crippen LogP contribution in [-0.4, -0.2) is 58.7 Å². The van der Waals surface area contributed by atoms with Crippen LogP contribution in [0, 0.1) is 0 Å². The number of rotatable bonds is 6. The molecule has 2 fully saturated rings. The predicted octanol–water partition coefficient (Wildman–Crippen LogP) is 2.69. The molecule has 5 rings (SSSR count). The summed E-state index contributed by atoms with van der Waals surface area (Å²) in [7, 11) is 0. The van der Waals surface area contributed by atoms with E-state index in [-0.39, 0.29) is 36.1 Å². The summed E-state index contributed by atoms with van der Waals surface area (Å²) in [6, 6.07) is 7.07. The van der Waals surface area contributed by atoms with Gasteiger partial charge in [-0.1, -0.05) is 24.3 Å². The Morgan fingerprint density at radius 1 is 1.08 bits per heavy atom. The van der Waals surface area contributed by atoms with Crippen LogP contribution in [-0.2, 0) is 22.7 Å². The van der Waals surface area contributed by atoms with Crippen molar-refractivity contribution in [3.63, 3.8) is 0 Å². The third-order valence-corrected chi connectivity index (χ3v) is 7.06. The second-order valence-electron chi connectivity index (χ2n) is 9.59. The lowest BCUT2D eigenvalue weighted by Crippen LogP contribution is -2.52. The Balaban J connectivity index is 1.30. The van der Waals surface area contributed by atoms with E-state index in [1.54, 1.807) is 12.1 Å². The molecule has 0 radical (unpaired) electrons. The Hall–Kier alpha value is -3.73. The van der Waals surface area contributed by atoms with Crippen LogP contribution in [0.5, 0.6) is 0 Å². The summed E-state index contributed by atoms with van der Waals surface area (Å²) in [5.74, 6) is -2.33. The van der Waals surface area contributed by atoms with E-state index in [9.17, 15) is 32.3 Å². The average molecular weight is 515 g/mol. The molecule has 1 unspecified atom stereocenters. The highest BCUT2D eigenvalue weighted by Crippen LogP contribution is 2.34. The van der Waals surface area contributed by atoms with Crippen LogP contribution in [0.3, 0.4) is 0 Å². The van der Waals surface area contributed by atoms with Crippen molar-refractivity contribution in [2.24, 2.45) is 0 Å². The fraction of sp³-hybridized carbons (Fsp3) is 0.385. The number of alkyl halides is 3. The molecule has 2 N–H and O–H groups in total. The van der Waals surface area contributed by atoms with Crippen LogP contribution < -0.4 is 10.6 Å². The van der Waals surface area contributed by atoms with Gasteiger partial charge in [0.1, 0.15) is 6.04 Å². The van der Waals surface area contributed by atoms with E-state index in [1.165, 1.54) is 35.2 Å². The molecule has 0 spiro atoms. The molecule has 194 valence electrons. The molecule has 4 amide bonds. The number of likely N-dealkylation sites (tertiary alicyclic amines) is 1. The minimum atomic E-state index is -4.72. The zero-order valence-corrected chi connectivity index (χ0v) is 19.8. The number of benzene rings is 2. The molecule has 11 heteroatoms. The molecule has 2 atom stereocenters. The highest BCUT2D eigenvalue weighted by molar-refractivity contribution is 6.06. The Labute approximate surface area is 210 Å². The molecule has 2 saturated heterocycles. The summed E-state index contributed by atoms with van der Waals surface area (Å²) in [6.07, 6.45) is -3.32. The van der Waals surface area contributed by atoms with Crippen molar-refractivity contribution in [2.75, 3.05) is 13.1 Å². The number of nitrogens with one attached hydrogen (secondary N) is 2. The molecule has 0 aliphatic carbocycles. The van der Waals surface area contributed by atoms with Gasteiger partial charge >= 0.3 is 6.18 Å². The molecule has 0 saturated carbocycles. The maximum Gasteiger partial charge on any atom is 0.412 e. The third-order valence-electron chi connectivity index (χ3n) is 7.06. The topological polar surface area (TPSA) is 98.8 Å². The number of nitrogens with zero attached hydrogens (tertiary/aromatic N) is 2. The number of imide groups is 1. The first-order valence-electron chi connectivity index (χ1n) is 12.1. The van der Waals surface area contributed by atoms with Crippen LogP contribution in [0.15, 0.2) is 42.5 Å². The van der Waals surface area contributed by atoms with Gasteiger partial charge in [0.05, 0.1) is 0 Å². The van der Waals surface area contributed by atoms with Crippen molar-refractivity contribution < 1.29 is 32.3 Å². The van der Waals surface area contributed by atoms with E-state index < -0.39 is 41.9 Å². The van der Waals surface area contributed by atoms with Gasteiger partial charge in [-0.3, -0.25) is 29.4 Å². The molecule has 8 nitrogen and oxygen atoms in total. The molecule has 0 bridgehead atoms. The van der Waals surface area contributed by atoms with E-state index in [0.717, 1.165) is 25.1 Å². The zero-order valence-electron chi connectivity index (χ0n) is 19.8. The molecule has 0 aromatic heterocycles. The van der Waals surface area contributed by atoms with Crippen molar-refractivity contribution in [1.29, 1.82) is 0 Å². The SMILES string of the molecule is O=C1CCC(N2Cc3cc(C(=O)N[C@H](c4ccc(CN5CCC5)cc4)C(F)(F)F)ccc3C2=O)C(=O)N1. The van der Waals surface area contributed by atoms with E-state index >= 15 is 0 Å². The molecular weight excluding hydrogens is 489 g/mol. The normalized spacial score (nSPS) is 20.8. The number of carbonyl (C=O) groups is 4. The Morgan fingerprint density at radius 3 is 2.43 bits per heavy atom. The first kappa shape index (κ1) is 24.9. The summed E-state index contributed by atoms with van der Waals surface area (Å²) >= 11 is 0. The second kappa shape index (κ2) is 9.62. The maximum absolute atomic E-state index is 13.9. The molecule has 37 heavy (non-hydrogen) atoms. The second-order valence-corrected chi connectivity index (χ2v) is 9.59. The molecule has 2 aromatic rings. The average Bonchev–Trinajstić information content (AvgIpc) is 3.15. The maximum atomic E-state index is 13.9. The Bertz CT molecular complexity index is 1260. The van der Waals surface area contributed by atoms with Gasteiger partial charge in [-0.05, 0) is 60.8 Å². The highest BCUT2D eigenvalue weighted by atomic mass is 19.4. The van der Waals surface area contributed by atoms with Crippen LogP contribution in [0.1, 0.15) is 62.7 Å². The summed E-state index contributed by atoms with van der Waals surface area (Å²) in [5, 5.41) is 4.29. The highest BCUT2D eigenvalue weighted by Gasteiger charge is 2.43. The monoisotopic (exact) mass is 514 g/mol. The van der Waals surface area contributed by atoms with Gasteiger partial charge in [-0.25, -0.2) is 0 Å². The Morgan fingerprint density at radius 2 is 1.81 bits per heavy atom. The molecule has 3 aliphatic heterocycles. The smallest absolute Gasteiger partial charge is 0.337 e. The standard InChI is InChI=1S/C26H25F3N4O4/c27-26(28,29)22(16-4-2-15(3-5-16)13-32-10-1-11-32)31-23(35)17-6-7-19-18(12-17)14-33(25(19)37)20-8-9-21(34)30-24(20)36/h2-7,12,20,22H,1,8-11,13-14H2,(H,31,35)(H,30,34,36)/t20?,22-/m1/s1. The number of amides is 4. The number of halogens is 3.